The monoisotopic (exact) mass is 273 g/mol. The van der Waals surface area contributed by atoms with Gasteiger partial charge in [0, 0.05) is 39.3 Å². The van der Waals surface area contributed by atoms with E-state index in [0.717, 1.165) is 42.7 Å². The molecule has 1 amide bonds. The number of carbonyl (C=O) groups is 1. The maximum absolute atomic E-state index is 12.0. The molecule has 0 saturated carbocycles. The largest absolute Gasteiger partial charge is 0.464 e. The third kappa shape index (κ3) is 2.24. The highest BCUT2D eigenvalue weighted by atomic mass is 16.3. The Balaban J connectivity index is 1.75. The molecule has 0 bridgehead atoms. The highest BCUT2D eigenvalue weighted by molar-refractivity contribution is 5.88. The van der Waals surface area contributed by atoms with Crippen LogP contribution in [0.4, 0.5) is 5.82 Å². The van der Waals surface area contributed by atoms with Gasteiger partial charge >= 0.3 is 0 Å². The first-order valence-corrected chi connectivity index (χ1v) is 6.95. The summed E-state index contributed by atoms with van der Waals surface area (Å²) in [6.45, 7) is 1.73. The molecule has 2 aromatic rings. The zero-order valence-corrected chi connectivity index (χ0v) is 11.9. The minimum Gasteiger partial charge on any atom is -0.464 e. The lowest BCUT2D eigenvalue weighted by Gasteiger charge is -2.33. The Morgan fingerprint density at radius 1 is 1.35 bits per heavy atom. The molecule has 3 heterocycles. The second kappa shape index (κ2) is 5.15. The van der Waals surface area contributed by atoms with Crippen molar-refractivity contribution >= 4 is 22.7 Å². The van der Waals surface area contributed by atoms with E-state index in [4.69, 9.17) is 4.42 Å². The van der Waals surface area contributed by atoms with Gasteiger partial charge in [-0.15, -0.1) is 0 Å². The fourth-order valence-electron chi connectivity index (χ4n) is 2.84. The molecule has 106 valence electrons. The number of amides is 1. The zero-order valence-electron chi connectivity index (χ0n) is 11.9. The van der Waals surface area contributed by atoms with Gasteiger partial charge in [-0.05, 0) is 25.0 Å². The van der Waals surface area contributed by atoms with Gasteiger partial charge in [0.05, 0.1) is 11.6 Å². The molecule has 0 radical (unpaired) electrons. The summed E-state index contributed by atoms with van der Waals surface area (Å²) in [5.41, 5.74) is 0.862. The number of hydrogen-bond acceptors (Lipinski definition) is 4. The molecule has 2 aromatic heterocycles. The Hall–Kier alpha value is -2.04. The van der Waals surface area contributed by atoms with Crippen LogP contribution >= 0.6 is 0 Å². The second-order valence-corrected chi connectivity index (χ2v) is 5.46. The van der Waals surface area contributed by atoms with Crippen LogP contribution in [0.2, 0.25) is 0 Å². The van der Waals surface area contributed by atoms with Gasteiger partial charge < -0.3 is 14.2 Å². The summed E-state index contributed by atoms with van der Waals surface area (Å²) in [6.07, 6.45) is 5.23. The predicted molar refractivity (Wildman–Crippen MR) is 77.6 cm³/mol. The maximum Gasteiger partial charge on any atom is 0.225 e. The minimum atomic E-state index is 0.143. The number of fused-ring (bicyclic) bond motifs is 1. The van der Waals surface area contributed by atoms with Crippen LogP contribution in [0.3, 0.4) is 0 Å². The first-order chi connectivity index (χ1) is 9.66. The predicted octanol–water partition coefficient (Wildman–Crippen LogP) is 2.13. The Kier molecular flexibility index (Phi) is 3.34. The number of nitrogens with zero attached hydrogens (tertiary/aromatic N) is 3. The summed E-state index contributed by atoms with van der Waals surface area (Å²) >= 11 is 0. The number of furan rings is 1. The smallest absolute Gasteiger partial charge is 0.225 e. The van der Waals surface area contributed by atoms with Gasteiger partial charge in [-0.2, -0.15) is 0 Å². The number of hydrogen-bond donors (Lipinski definition) is 0. The van der Waals surface area contributed by atoms with Gasteiger partial charge in [0.1, 0.15) is 11.4 Å². The van der Waals surface area contributed by atoms with Crippen LogP contribution in [-0.2, 0) is 4.79 Å². The number of carbonyl (C=O) groups excluding carboxylic acids is 1. The lowest BCUT2D eigenvalue weighted by atomic mass is 9.95. The molecule has 0 N–H and O–H groups in total. The van der Waals surface area contributed by atoms with Crippen molar-refractivity contribution in [1.29, 1.82) is 0 Å². The topological polar surface area (TPSA) is 49.6 Å². The van der Waals surface area contributed by atoms with Crippen molar-refractivity contribution < 1.29 is 9.21 Å². The number of aromatic nitrogens is 1. The van der Waals surface area contributed by atoms with Crippen LogP contribution < -0.4 is 4.90 Å². The van der Waals surface area contributed by atoms with Crippen molar-refractivity contribution in [3.8, 4) is 0 Å². The van der Waals surface area contributed by atoms with E-state index in [2.05, 4.69) is 9.88 Å². The molecule has 1 fully saturated rings. The zero-order chi connectivity index (χ0) is 14.1. The van der Waals surface area contributed by atoms with E-state index >= 15 is 0 Å². The van der Waals surface area contributed by atoms with E-state index in [9.17, 15) is 4.79 Å². The highest BCUT2D eigenvalue weighted by Gasteiger charge is 2.27. The van der Waals surface area contributed by atoms with Crippen molar-refractivity contribution in [3.05, 3.63) is 24.6 Å². The number of pyridine rings is 1. The summed E-state index contributed by atoms with van der Waals surface area (Å²) in [4.78, 5) is 20.4. The van der Waals surface area contributed by atoms with E-state index in [0.29, 0.717) is 0 Å². The van der Waals surface area contributed by atoms with Crippen LogP contribution in [0.15, 0.2) is 29.0 Å². The molecular weight excluding hydrogens is 254 g/mol. The van der Waals surface area contributed by atoms with E-state index in [1.165, 1.54) is 0 Å². The molecule has 1 aliphatic heterocycles. The SMILES string of the molecule is CN(C)C(=O)C1CCN(c2nccc3occc23)CC1. The first-order valence-electron chi connectivity index (χ1n) is 6.95. The van der Waals surface area contributed by atoms with E-state index < -0.39 is 0 Å². The van der Waals surface area contributed by atoms with Gasteiger partial charge in [-0.25, -0.2) is 4.98 Å². The van der Waals surface area contributed by atoms with Gasteiger partial charge in [-0.3, -0.25) is 4.79 Å². The third-order valence-electron chi connectivity index (χ3n) is 3.94. The van der Waals surface area contributed by atoms with E-state index in [1.54, 1.807) is 17.4 Å². The molecule has 0 aromatic carbocycles. The van der Waals surface area contributed by atoms with Crippen molar-refractivity contribution in [1.82, 2.24) is 9.88 Å². The molecule has 5 nitrogen and oxygen atoms in total. The minimum absolute atomic E-state index is 0.143. The quantitative estimate of drug-likeness (QED) is 0.841. The summed E-state index contributed by atoms with van der Waals surface area (Å²) in [5.74, 6) is 1.34. The van der Waals surface area contributed by atoms with Crippen molar-refractivity contribution in [2.75, 3.05) is 32.1 Å². The van der Waals surface area contributed by atoms with Crippen molar-refractivity contribution in [3.63, 3.8) is 0 Å². The fourth-order valence-corrected chi connectivity index (χ4v) is 2.84. The van der Waals surface area contributed by atoms with E-state index in [-0.39, 0.29) is 11.8 Å². The van der Waals surface area contributed by atoms with Crippen molar-refractivity contribution in [2.45, 2.75) is 12.8 Å². The average molecular weight is 273 g/mol. The summed E-state index contributed by atoms with van der Waals surface area (Å²) in [5, 5.41) is 1.05. The lowest BCUT2D eigenvalue weighted by Crippen LogP contribution is -2.40. The molecule has 0 spiro atoms. The molecule has 1 aliphatic rings. The van der Waals surface area contributed by atoms with E-state index in [1.807, 2.05) is 26.2 Å². The molecule has 0 unspecified atom stereocenters. The first kappa shape index (κ1) is 13.0. The fraction of sp³-hybridized carbons (Fsp3) is 0.467. The van der Waals surface area contributed by atoms with Crippen LogP contribution in [0, 0.1) is 5.92 Å². The van der Waals surface area contributed by atoms with Crippen LogP contribution in [0.5, 0.6) is 0 Å². The van der Waals surface area contributed by atoms with Crippen LogP contribution in [0.1, 0.15) is 12.8 Å². The normalized spacial score (nSPS) is 16.6. The Morgan fingerprint density at radius 2 is 2.10 bits per heavy atom. The Bertz CT molecular complexity index is 612. The van der Waals surface area contributed by atoms with Crippen molar-refractivity contribution in [2.24, 2.45) is 5.92 Å². The molecule has 0 aliphatic carbocycles. The number of rotatable bonds is 2. The van der Waals surface area contributed by atoms with Gasteiger partial charge in [0.15, 0.2) is 0 Å². The average Bonchev–Trinajstić information content (AvgIpc) is 2.95. The van der Waals surface area contributed by atoms with Gasteiger partial charge in [0.2, 0.25) is 5.91 Å². The maximum atomic E-state index is 12.0. The Labute approximate surface area is 118 Å². The lowest BCUT2D eigenvalue weighted by molar-refractivity contribution is -0.133. The molecule has 0 atom stereocenters. The summed E-state index contributed by atoms with van der Waals surface area (Å²) in [7, 11) is 3.64. The number of anilines is 1. The van der Waals surface area contributed by atoms with Gasteiger partial charge in [-0.1, -0.05) is 0 Å². The number of piperidine rings is 1. The van der Waals surface area contributed by atoms with Gasteiger partial charge in [0.25, 0.3) is 0 Å². The third-order valence-corrected chi connectivity index (χ3v) is 3.94. The molecule has 3 rings (SSSR count). The molecule has 5 heteroatoms. The standard InChI is InChI=1S/C15H19N3O2/c1-17(2)15(19)11-4-8-18(9-5-11)14-12-6-10-20-13(12)3-7-16-14/h3,6-7,10-11H,4-5,8-9H2,1-2H3. The molecule has 20 heavy (non-hydrogen) atoms. The van der Waals surface area contributed by atoms with Crippen LogP contribution in [0.25, 0.3) is 11.0 Å². The Morgan fingerprint density at radius 3 is 2.80 bits per heavy atom. The highest BCUT2D eigenvalue weighted by Crippen LogP contribution is 2.29. The molecular formula is C15H19N3O2. The molecule has 1 saturated heterocycles. The summed E-state index contributed by atoms with van der Waals surface area (Å²) in [6, 6.07) is 3.83. The second-order valence-electron chi connectivity index (χ2n) is 5.46. The van der Waals surface area contributed by atoms with Crippen LogP contribution in [-0.4, -0.2) is 43.0 Å². The summed E-state index contributed by atoms with van der Waals surface area (Å²) < 4.78 is 5.41.